The van der Waals surface area contributed by atoms with Crippen LogP contribution >= 0.6 is 0 Å². The van der Waals surface area contributed by atoms with Crippen LogP contribution in [0.4, 0.5) is 10.2 Å². The second kappa shape index (κ2) is 8.15. The van der Waals surface area contributed by atoms with Gasteiger partial charge in [-0.2, -0.15) is 0 Å². The molecule has 1 saturated carbocycles. The predicted octanol–water partition coefficient (Wildman–Crippen LogP) is 5.21. The molecule has 6 heteroatoms. The molecule has 1 heterocycles. The topological polar surface area (TPSA) is 64.1 Å². The molecule has 5 nitrogen and oxygen atoms in total. The van der Waals surface area contributed by atoms with Crippen molar-refractivity contribution in [3.63, 3.8) is 0 Å². The molecule has 0 spiro atoms. The maximum Gasteiger partial charge on any atom is 0.337 e. The van der Waals surface area contributed by atoms with E-state index in [9.17, 15) is 9.18 Å². The zero-order valence-electron chi connectivity index (χ0n) is 16.6. The first-order valence-electron chi connectivity index (χ1n) is 9.96. The van der Waals surface area contributed by atoms with Crippen molar-refractivity contribution in [2.24, 2.45) is 5.92 Å². The summed E-state index contributed by atoms with van der Waals surface area (Å²) in [5.41, 5.74) is 3.19. The van der Waals surface area contributed by atoms with Crippen LogP contribution in [0.5, 0.6) is 0 Å². The Morgan fingerprint density at radius 1 is 1.03 bits per heavy atom. The molecular formula is C23H24FN3O2. The fourth-order valence-corrected chi connectivity index (χ4v) is 3.81. The number of fused-ring (bicyclic) bond motifs is 1. The molecular weight excluding hydrogens is 369 g/mol. The Hall–Kier alpha value is -3.02. The van der Waals surface area contributed by atoms with Gasteiger partial charge in [0.2, 0.25) is 0 Å². The van der Waals surface area contributed by atoms with Gasteiger partial charge < -0.3 is 10.1 Å². The number of aromatic nitrogens is 2. The standard InChI is InChI=1S/C23H24FN3O2/c1-14-3-10-18(11-4-14)25-22-21(15-5-8-17(24)9-6-15)26-19-12-7-16(23(28)29-2)13-20(19)27-22/h5-9,12-14,18H,3-4,10-11H2,1-2H3,(H,25,27). The molecule has 0 saturated heterocycles. The molecule has 0 atom stereocenters. The van der Waals surface area contributed by atoms with Gasteiger partial charge in [-0.1, -0.05) is 6.92 Å². The molecule has 1 aromatic heterocycles. The first kappa shape index (κ1) is 19.3. The lowest BCUT2D eigenvalue weighted by atomic mass is 9.87. The van der Waals surface area contributed by atoms with E-state index in [2.05, 4.69) is 12.2 Å². The van der Waals surface area contributed by atoms with Gasteiger partial charge in [0.05, 0.1) is 23.7 Å². The van der Waals surface area contributed by atoms with Gasteiger partial charge in [0.1, 0.15) is 11.5 Å². The van der Waals surface area contributed by atoms with Crippen molar-refractivity contribution in [1.82, 2.24) is 9.97 Å². The van der Waals surface area contributed by atoms with Crippen molar-refractivity contribution in [1.29, 1.82) is 0 Å². The Morgan fingerprint density at radius 3 is 2.45 bits per heavy atom. The minimum atomic E-state index is -0.410. The van der Waals surface area contributed by atoms with Crippen molar-refractivity contribution in [2.75, 3.05) is 12.4 Å². The van der Waals surface area contributed by atoms with Crippen LogP contribution in [0.15, 0.2) is 42.5 Å². The normalized spacial score (nSPS) is 19.1. The van der Waals surface area contributed by atoms with E-state index in [0.717, 1.165) is 24.3 Å². The number of halogens is 1. The lowest BCUT2D eigenvalue weighted by molar-refractivity contribution is 0.0601. The predicted molar refractivity (Wildman–Crippen MR) is 111 cm³/mol. The molecule has 0 unspecified atom stereocenters. The average molecular weight is 393 g/mol. The molecule has 4 rings (SSSR count). The molecule has 150 valence electrons. The Bertz CT molecular complexity index is 1030. The third kappa shape index (κ3) is 4.21. The second-order valence-corrected chi connectivity index (χ2v) is 7.72. The van der Waals surface area contributed by atoms with Gasteiger partial charge in [0.25, 0.3) is 0 Å². The van der Waals surface area contributed by atoms with Gasteiger partial charge in [-0.15, -0.1) is 0 Å². The largest absolute Gasteiger partial charge is 0.465 e. The van der Waals surface area contributed by atoms with Crippen LogP contribution in [-0.2, 0) is 4.74 Å². The maximum absolute atomic E-state index is 13.4. The molecule has 1 aliphatic carbocycles. The SMILES string of the molecule is COC(=O)c1ccc2nc(-c3ccc(F)cc3)c(NC3CCC(C)CC3)nc2c1. The van der Waals surface area contributed by atoms with Crippen molar-refractivity contribution in [2.45, 2.75) is 38.6 Å². The summed E-state index contributed by atoms with van der Waals surface area (Å²) in [6.45, 7) is 2.28. The van der Waals surface area contributed by atoms with Crippen LogP contribution in [0.3, 0.4) is 0 Å². The highest BCUT2D eigenvalue weighted by Gasteiger charge is 2.21. The number of rotatable bonds is 4. The van der Waals surface area contributed by atoms with Crippen LogP contribution < -0.4 is 5.32 Å². The number of esters is 1. The summed E-state index contributed by atoms with van der Waals surface area (Å²) in [4.78, 5) is 21.5. The number of nitrogens with one attached hydrogen (secondary N) is 1. The first-order chi connectivity index (χ1) is 14.0. The smallest absolute Gasteiger partial charge is 0.337 e. The molecule has 0 bridgehead atoms. The molecule has 0 amide bonds. The van der Waals surface area contributed by atoms with E-state index >= 15 is 0 Å². The summed E-state index contributed by atoms with van der Waals surface area (Å²) in [6, 6.07) is 11.7. The lowest BCUT2D eigenvalue weighted by Crippen LogP contribution is -2.26. The quantitative estimate of drug-likeness (QED) is 0.616. The van der Waals surface area contributed by atoms with Gasteiger partial charge in [-0.05, 0) is 74.1 Å². The van der Waals surface area contributed by atoms with Crippen molar-refractivity contribution >= 4 is 22.8 Å². The second-order valence-electron chi connectivity index (χ2n) is 7.72. The molecule has 1 aliphatic rings. The average Bonchev–Trinajstić information content (AvgIpc) is 2.74. The highest BCUT2D eigenvalue weighted by molar-refractivity contribution is 5.94. The van der Waals surface area contributed by atoms with Gasteiger partial charge in [-0.3, -0.25) is 0 Å². The van der Waals surface area contributed by atoms with E-state index in [0.29, 0.717) is 34.2 Å². The molecule has 0 aliphatic heterocycles. The van der Waals surface area contributed by atoms with E-state index in [1.807, 2.05) is 0 Å². The van der Waals surface area contributed by atoms with Gasteiger partial charge in [0.15, 0.2) is 5.82 Å². The lowest BCUT2D eigenvalue weighted by Gasteiger charge is -2.28. The van der Waals surface area contributed by atoms with Gasteiger partial charge in [-0.25, -0.2) is 19.2 Å². The summed E-state index contributed by atoms with van der Waals surface area (Å²) in [5, 5.41) is 3.55. The van der Waals surface area contributed by atoms with E-state index in [1.54, 1.807) is 30.3 Å². The molecule has 1 fully saturated rings. The molecule has 2 aromatic carbocycles. The van der Waals surface area contributed by atoms with Crippen LogP contribution in [0.2, 0.25) is 0 Å². The van der Waals surface area contributed by atoms with Crippen LogP contribution in [-0.4, -0.2) is 29.1 Å². The van der Waals surface area contributed by atoms with Crippen molar-refractivity contribution < 1.29 is 13.9 Å². The Morgan fingerprint density at radius 2 is 1.76 bits per heavy atom. The van der Waals surface area contributed by atoms with Crippen LogP contribution in [0, 0.1) is 11.7 Å². The number of benzene rings is 2. The zero-order chi connectivity index (χ0) is 20.4. The van der Waals surface area contributed by atoms with E-state index in [1.165, 1.54) is 32.1 Å². The minimum absolute atomic E-state index is 0.291. The van der Waals surface area contributed by atoms with E-state index in [4.69, 9.17) is 14.7 Å². The summed E-state index contributed by atoms with van der Waals surface area (Å²) < 4.78 is 18.2. The third-order valence-corrected chi connectivity index (χ3v) is 5.56. The molecule has 1 N–H and O–H groups in total. The summed E-state index contributed by atoms with van der Waals surface area (Å²) in [7, 11) is 1.35. The summed E-state index contributed by atoms with van der Waals surface area (Å²) >= 11 is 0. The maximum atomic E-state index is 13.4. The molecule has 0 radical (unpaired) electrons. The highest BCUT2D eigenvalue weighted by Crippen LogP contribution is 2.31. The Balaban J connectivity index is 1.77. The zero-order valence-corrected chi connectivity index (χ0v) is 16.6. The van der Waals surface area contributed by atoms with Gasteiger partial charge >= 0.3 is 5.97 Å². The number of carbonyl (C=O) groups is 1. The Kier molecular flexibility index (Phi) is 5.43. The number of carbonyl (C=O) groups excluding carboxylic acids is 1. The van der Waals surface area contributed by atoms with E-state index < -0.39 is 5.97 Å². The number of nitrogens with zero attached hydrogens (tertiary/aromatic N) is 2. The Labute approximate surface area is 169 Å². The summed E-state index contributed by atoms with van der Waals surface area (Å²) in [6.07, 6.45) is 4.51. The van der Waals surface area contributed by atoms with Gasteiger partial charge in [0, 0.05) is 11.6 Å². The van der Waals surface area contributed by atoms with Crippen LogP contribution in [0.1, 0.15) is 43.0 Å². The van der Waals surface area contributed by atoms with E-state index in [-0.39, 0.29) is 5.82 Å². The van der Waals surface area contributed by atoms with Crippen LogP contribution in [0.25, 0.3) is 22.3 Å². The fraction of sp³-hybridized carbons (Fsp3) is 0.348. The third-order valence-electron chi connectivity index (χ3n) is 5.56. The number of methoxy groups -OCH3 is 1. The van der Waals surface area contributed by atoms with Crippen molar-refractivity contribution in [3.8, 4) is 11.3 Å². The monoisotopic (exact) mass is 393 g/mol. The number of ether oxygens (including phenoxy) is 1. The highest BCUT2D eigenvalue weighted by atomic mass is 19.1. The number of anilines is 1. The fourth-order valence-electron chi connectivity index (χ4n) is 3.81. The first-order valence-corrected chi connectivity index (χ1v) is 9.96. The van der Waals surface area contributed by atoms with Crippen molar-refractivity contribution in [3.05, 3.63) is 53.8 Å². The molecule has 3 aromatic rings. The molecule has 29 heavy (non-hydrogen) atoms. The summed E-state index contributed by atoms with van der Waals surface area (Å²) in [5.74, 6) is 0.702. The minimum Gasteiger partial charge on any atom is -0.465 e. The number of hydrogen-bond donors (Lipinski definition) is 1. The number of hydrogen-bond acceptors (Lipinski definition) is 5.